The molecule has 2 N–H and O–H groups in total. The summed E-state index contributed by atoms with van der Waals surface area (Å²) in [5.74, 6) is 0.0203. The first-order valence-corrected chi connectivity index (χ1v) is 8.85. The Balaban J connectivity index is 2.13. The molecule has 0 saturated carbocycles. The summed E-state index contributed by atoms with van der Waals surface area (Å²) in [4.78, 5) is 24.1. The maximum atomic E-state index is 12.6. The van der Waals surface area contributed by atoms with Crippen molar-refractivity contribution in [3.8, 4) is 0 Å². The quantitative estimate of drug-likeness (QED) is 0.748. The Morgan fingerprint density at radius 3 is 2.08 bits per heavy atom. The van der Waals surface area contributed by atoms with Gasteiger partial charge in [-0.15, -0.1) is 0 Å². The first-order chi connectivity index (χ1) is 12.5. The van der Waals surface area contributed by atoms with Gasteiger partial charge in [0.25, 0.3) is 5.91 Å². The highest BCUT2D eigenvalue weighted by molar-refractivity contribution is 6.00. The van der Waals surface area contributed by atoms with Gasteiger partial charge in [-0.2, -0.15) is 0 Å². The van der Waals surface area contributed by atoms with Crippen molar-refractivity contribution >= 4 is 17.9 Å². The number of amides is 2. The molecule has 0 fully saturated rings. The Hall–Kier alpha value is -2.88. The number of carbonyl (C=O) groups excluding carboxylic acids is 2. The van der Waals surface area contributed by atoms with Crippen LogP contribution in [0.1, 0.15) is 37.8 Å². The van der Waals surface area contributed by atoms with Crippen molar-refractivity contribution in [2.45, 2.75) is 26.7 Å². The molecule has 0 radical (unpaired) electrons. The zero-order valence-electron chi connectivity index (χ0n) is 15.5. The number of nitrogens with one attached hydrogen (secondary N) is 2. The highest BCUT2D eigenvalue weighted by Gasteiger charge is 2.18. The Morgan fingerprint density at radius 2 is 1.54 bits per heavy atom. The summed E-state index contributed by atoms with van der Waals surface area (Å²) >= 11 is 0. The minimum absolute atomic E-state index is 0.204. The van der Waals surface area contributed by atoms with E-state index in [9.17, 15) is 9.59 Å². The molecular weight excluding hydrogens is 324 g/mol. The summed E-state index contributed by atoms with van der Waals surface area (Å²) in [5, 5.41) is 5.60. The molecule has 2 aromatic carbocycles. The molecule has 136 valence electrons. The van der Waals surface area contributed by atoms with E-state index in [1.807, 2.05) is 48.5 Å². The smallest absolute Gasteiger partial charge is 0.267 e. The van der Waals surface area contributed by atoms with Gasteiger partial charge in [-0.05, 0) is 23.1 Å². The van der Waals surface area contributed by atoms with Gasteiger partial charge < -0.3 is 10.6 Å². The van der Waals surface area contributed by atoms with Gasteiger partial charge in [0.2, 0.25) is 5.91 Å². The molecule has 0 saturated heterocycles. The van der Waals surface area contributed by atoms with Gasteiger partial charge in [-0.1, -0.05) is 74.5 Å². The lowest BCUT2D eigenvalue weighted by Crippen LogP contribution is -2.36. The lowest BCUT2D eigenvalue weighted by molar-refractivity contribution is -0.122. The second-order valence-electron chi connectivity index (χ2n) is 6.62. The van der Waals surface area contributed by atoms with Gasteiger partial charge in [0.15, 0.2) is 0 Å². The molecule has 0 spiro atoms. The number of hydrogen-bond acceptors (Lipinski definition) is 2. The average Bonchev–Trinajstić information content (AvgIpc) is 2.62. The summed E-state index contributed by atoms with van der Waals surface area (Å²) in [6, 6.07) is 19.6. The monoisotopic (exact) mass is 350 g/mol. The van der Waals surface area contributed by atoms with Gasteiger partial charge in [0.1, 0.15) is 5.70 Å². The van der Waals surface area contributed by atoms with Crippen molar-refractivity contribution in [1.29, 1.82) is 0 Å². The first kappa shape index (κ1) is 19.4. The molecule has 0 aromatic heterocycles. The number of benzene rings is 2. The highest BCUT2D eigenvalue weighted by atomic mass is 16.2. The van der Waals surface area contributed by atoms with E-state index in [1.165, 1.54) is 12.5 Å². The van der Waals surface area contributed by atoms with E-state index in [4.69, 9.17) is 0 Å². The largest absolute Gasteiger partial charge is 0.350 e. The van der Waals surface area contributed by atoms with Crippen LogP contribution in [-0.2, 0) is 9.59 Å². The van der Waals surface area contributed by atoms with Crippen LogP contribution < -0.4 is 10.6 Å². The van der Waals surface area contributed by atoms with Crippen LogP contribution >= 0.6 is 0 Å². The zero-order chi connectivity index (χ0) is 18.9. The van der Waals surface area contributed by atoms with Crippen molar-refractivity contribution in [3.63, 3.8) is 0 Å². The molecule has 0 aliphatic rings. The lowest BCUT2D eigenvalue weighted by atomic mass is 9.88. The molecule has 26 heavy (non-hydrogen) atoms. The maximum absolute atomic E-state index is 12.6. The Kier molecular flexibility index (Phi) is 7.15. The van der Waals surface area contributed by atoms with E-state index in [0.29, 0.717) is 12.5 Å². The van der Waals surface area contributed by atoms with Crippen molar-refractivity contribution in [1.82, 2.24) is 10.6 Å². The molecule has 1 atom stereocenters. The van der Waals surface area contributed by atoms with Crippen LogP contribution in [0.25, 0.3) is 6.08 Å². The highest BCUT2D eigenvalue weighted by Crippen LogP contribution is 2.23. The van der Waals surface area contributed by atoms with Crippen LogP contribution in [0.4, 0.5) is 0 Å². The summed E-state index contributed by atoms with van der Waals surface area (Å²) in [7, 11) is 0. The molecule has 0 bridgehead atoms. The SMILES string of the molecule is CC(=O)N/C(=C\c1ccccc1)C(=O)NCC(c1ccccc1)C(C)C. The van der Waals surface area contributed by atoms with E-state index in [-0.39, 0.29) is 23.4 Å². The average molecular weight is 350 g/mol. The molecule has 2 rings (SSSR count). The summed E-state index contributed by atoms with van der Waals surface area (Å²) in [5.41, 5.74) is 2.30. The molecule has 0 heterocycles. The van der Waals surface area contributed by atoms with Crippen LogP contribution in [-0.4, -0.2) is 18.4 Å². The van der Waals surface area contributed by atoms with E-state index in [2.05, 4.69) is 36.6 Å². The zero-order valence-corrected chi connectivity index (χ0v) is 15.5. The third-order valence-electron chi connectivity index (χ3n) is 4.18. The standard InChI is InChI=1S/C22H26N2O2/c1-16(2)20(19-12-8-5-9-13-19)15-23-22(26)21(24-17(3)25)14-18-10-6-4-7-11-18/h4-14,16,20H,15H2,1-3H3,(H,23,26)(H,24,25)/b21-14-. The molecule has 4 nitrogen and oxygen atoms in total. The Bertz CT molecular complexity index is 752. The van der Waals surface area contributed by atoms with Crippen molar-refractivity contribution in [2.24, 2.45) is 5.92 Å². The second-order valence-corrected chi connectivity index (χ2v) is 6.62. The molecular formula is C22H26N2O2. The molecule has 0 aliphatic carbocycles. The minimum atomic E-state index is -0.286. The van der Waals surface area contributed by atoms with E-state index >= 15 is 0 Å². The van der Waals surface area contributed by atoms with Gasteiger partial charge in [0.05, 0.1) is 0 Å². The third-order valence-corrected chi connectivity index (χ3v) is 4.18. The predicted molar refractivity (Wildman–Crippen MR) is 105 cm³/mol. The van der Waals surface area contributed by atoms with Gasteiger partial charge in [-0.3, -0.25) is 9.59 Å². The van der Waals surface area contributed by atoms with Crippen LogP contribution in [0.3, 0.4) is 0 Å². The predicted octanol–water partition coefficient (Wildman–Crippen LogP) is 3.72. The van der Waals surface area contributed by atoms with Crippen LogP contribution in [0, 0.1) is 5.92 Å². The molecule has 0 aliphatic heterocycles. The van der Waals surface area contributed by atoms with Crippen LogP contribution in [0.15, 0.2) is 66.4 Å². The van der Waals surface area contributed by atoms with E-state index < -0.39 is 0 Å². The number of rotatable bonds is 7. The molecule has 4 heteroatoms. The van der Waals surface area contributed by atoms with Crippen LogP contribution in [0.5, 0.6) is 0 Å². The molecule has 1 unspecified atom stereocenters. The fourth-order valence-corrected chi connectivity index (χ4v) is 2.80. The summed E-state index contributed by atoms with van der Waals surface area (Å²) in [6.45, 7) is 6.18. The van der Waals surface area contributed by atoms with E-state index in [1.54, 1.807) is 6.08 Å². The van der Waals surface area contributed by atoms with Crippen molar-refractivity contribution < 1.29 is 9.59 Å². The van der Waals surface area contributed by atoms with Gasteiger partial charge >= 0.3 is 0 Å². The fourth-order valence-electron chi connectivity index (χ4n) is 2.80. The first-order valence-electron chi connectivity index (χ1n) is 8.85. The Morgan fingerprint density at radius 1 is 0.962 bits per heavy atom. The number of carbonyl (C=O) groups is 2. The minimum Gasteiger partial charge on any atom is -0.350 e. The van der Waals surface area contributed by atoms with Crippen molar-refractivity contribution in [3.05, 3.63) is 77.5 Å². The van der Waals surface area contributed by atoms with Crippen LogP contribution in [0.2, 0.25) is 0 Å². The fraction of sp³-hybridized carbons (Fsp3) is 0.273. The lowest BCUT2D eigenvalue weighted by Gasteiger charge is -2.22. The summed E-state index contributed by atoms with van der Waals surface area (Å²) < 4.78 is 0. The molecule has 2 aromatic rings. The Labute approximate surface area is 155 Å². The molecule has 2 amide bonds. The normalized spacial score (nSPS) is 12.5. The summed E-state index contributed by atoms with van der Waals surface area (Å²) in [6.07, 6.45) is 1.68. The van der Waals surface area contributed by atoms with E-state index in [0.717, 1.165) is 5.56 Å². The van der Waals surface area contributed by atoms with Gasteiger partial charge in [-0.25, -0.2) is 0 Å². The third kappa shape index (κ3) is 5.88. The van der Waals surface area contributed by atoms with Crippen molar-refractivity contribution in [2.75, 3.05) is 6.54 Å². The topological polar surface area (TPSA) is 58.2 Å². The second kappa shape index (κ2) is 9.56. The van der Waals surface area contributed by atoms with Gasteiger partial charge in [0, 0.05) is 19.4 Å². The maximum Gasteiger partial charge on any atom is 0.267 e. The number of hydrogen-bond donors (Lipinski definition) is 2.